The Labute approximate surface area is 152 Å². The second-order valence-corrected chi connectivity index (χ2v) is 6.70. The van der Waals surface area contributed by atoms with Gasteiger partial charge in [-0.25, -0.2) is 4.98 Å². The fourth-order valence-electron chi connectivity index (χ4n) is 3.77. The first kappa shape index (κ1) is 17.7. The first-order valence-corrected chi connectivity index (χ1v) is 9.42. The topological polar surface area (TPSA) is 19.4 Å². The normalized spacial score (nSPS) is 16.4. The first-order valence-electron chi connectivity index (χ1n) is 9.42. The summed E-state index contributed by atoms with van der Waals surface area (Å²) < 4.78 is 0. The Bertz CT molecular complexity index is 673. The zero-order valence-electron chi connectivity index (χ0n) is 15.4. The van der Waals surface area contributed by atoms with Crippen LogP contribution in [0.2, 0.25) is 0 Å². The molecule has 1 aliphatic heterocycles. The van der Waals surface area contributed by atoms with Gasteiger partial charge in [0.2, 0.25) is 0 Å². The molecule has 0 bridgehead atoms. The lowest BCUT2D eigenvalue weighted by Gasteiger charge is -2.39. The Kier molecular flexibility index (Phi) is 6.24. The number of benzene rings is 1. The van der Waals surface area contributed by atoms with Crippen molar-refractivity contribution in [3.8, 4) is 0 Å². The Hall–Kier alpha value is -2.13. The lowest BCUT2D eigenvalue weighted by Crippen LogP contribution is -2.45. The lowest BCUT2D eigenvalue weighted by molar-refractivity contribution is 0.201. The summed E-state index contributed by atoms with van der Waals surface area (Å²) in [5, 5.41) is 0. The van der Waals surface area contributed by atoms with Crippen LogP contribution in [0.3, 0.4) is 0 Å². The van der Waals surface area contributed by atoms with Gasteiger partial charge in [0.05, 0.1) is 0 Å². The average Bonchev–Trinajstić information content (AvgIpc) is 2.66. The lowest BCUT2D eigenvalue weighted by atomic mass is 10.0. The highest BCUT2D eigenvalue weighted by molar-refractivity contribution is 5.64. The summed E-state index contributed by atoms with van der Waals surface area (Å²) in [6.45, 7) is 8.68. The molecule has 25 heavy (non-hydrogen) atoms. The van der Waals surface area contributed by atoms with E-state index in [2.05, 4.69) is 72.2 Å². The zero-order valence-corrected chi connectivity index (χ0v) is 15.4. The van der Waals surface area contributed by atoms with Crippen molar-refractivity contribution in [1.29, 1.82) is 0 Å². The van der Waals surface area contributed by atoms with Crippen molar-refractivity contribution < 1.29 is 0 Å². The van der Waals surface area contributed by atoms with Crippen molar-refractivity contribution in [3.63, 3.8) is 0 Å². The minimum atomic E-state index is 0.580. The maximum Gasteiger partial charge on any atom is 0.136 e. The standard InChI is InChI=1S/C22H29N3/c1-3-9-20-12-8-15-23-22(20)25(4-2)21-13-16-24(17-14-21)18-19-10-6-5-7-11-19/h3,5-12,15,21H,4,13-14,16-18H2,1-2H3. The summed E-state index contributed by atoms with van der Waals surface area (Å²) in [5.41, 5.74) is 2.63. The van der Waals surface area contributed by atoms with Gasteiger partial charge in [0, 0.05) is 44.0 Å². The smallest absolute Gasteiger partial charge is 0.136 e. The summed E-state index contributed by atoms with van der Waals surface area (Å²) >= 11 is 0. The molecule has 0 N–H and O–H groups in total. The Balaban J connectivity index is 1.65. The number of nitrogens with zero attached hydrogens (tertiary/aromatic N) is 3. The highest BCUT2D eigenvalue weighted by Gasteiger charge is 2.25. The molecule has 1 aromatic heterocycles. The molecule has 1 fully saturated rings. The predicted octanol–water partition coefficient (Wildman–Crippen LogP) is 4.61. The second kappa shape index (κ2) is 8.82. The van der Waals surface area contributed by atoms with Crippen molar-refractivity contribution in [2.45, 2.75) is 39.3 Å². The van der Waals surface area contributed by atoms with E-state index in [-0.39, 0.29) is 0 Å². The van der Waals surface area contributed by atoms with Crippen LogP contribution in [0.4, 0.5) is 5.82 Å². The average molecular weight is 335 g/mol. The number of pyridine rings is 1. The molecule has 0 radical (unpaired) electrons. The summed E-state index contributed by atoms with van der Waals surface area (Å²) in [7, 11) is 0. The number of hydrogen-bond acceptors (Lipinski definition) is 3. The van der Waals surface area contributed by atoms with Gasteiger partial charge < -0.3 is 4.90 Å². The van der Waals surface area contributed by atoms with E-state index in [4.69, 9.17) is 4.98 Å². The second-order valence-electron chi connectivity index (χ2n) is 6.70. The minimum Gasteiger partial charge on any atom is -0.353 e. The highest BCUT2D eigenvalue weighted by Crippen LogP contribution is 2.26. The molecule has 132 valence electrons. The van der Waals surface area contributed by atoms with Gasteiger partial charge in [-0.05, 0) is 44.4 Å². The monoisotopic (exact) mass is 335 g/mol. The van der Waals surface area contributed by atoms with Crippen LogP contribution < -0.4 is 4.90 Å². The Morgan fingerprint density at radius 3 is 2.56 bits per heavy atom. The summed E-state index contributed by atoms with van der Waals surface area (Å²) in [6, 6.07) is 15.6. The van der Waals surface area contributed by atoms with Crippen LogP contribution in [0.1, 0.15) is 37.8 Å². The molecule has 0 unspecified atom stereocenters. The largest absolute Gasteiger partial charge is 0.353 e. The van der Waals surface area contributed by atoms with Gasteiger partial charge in [-0.3, -0.25) is 4.90 Å². The van der Waals surface area contributed by atoms with E-state index in [1.807, 2.05) is 12.3 Å². The molecule has 0 spiro atoms. The molecule has 0 aliphatic carbocycles. The number of rotatable bonds is 6. The molecule has 1 saturated heterocycles. The van der Waals surface area contributed by atoms with Gasteiger partial charge in [-0.15, -0.1) is 0 Å². The maximum absolute atomic E-state index is 4.69. The fraction of sp³-hybridized carbons (Fsp3) is 0.409. The van der Waals surface area contributed by atoms with Gasteiger partial charge >= 0.3 is 0 Å². The van der Waals surface area contributed by atoms with Crippen molar-refractivity contribution in [1.82, 2.24) is 9.88 Å². The van der Waals surface area contributed by atoms with Crippen LogP contribution in [-0.4, -0.2) is 35.6 Å². The molecule has 0 atom stereocenters. The van der Waals surface area contributed by atoms with E-state index in [0.29, 0.717) is 6.04 Å². The quantitative estimate of drug-likeness (QED) is 0.769. The van der Waals surface area contributed by atoms with E-state index in [9.17, 15) is 0 Å². The van der Waals surface area contributed by atoms with Crippen molar-refractivity contribution in [3.05, 3.63) is 65.9 Å². The van der Waals surface area contributed by atoms with Gasteiger partial charge in [0.15, 0.2) is 0 Å². The molecular formula is C22H29N3. The number of anilines is 1. The number of likely N-dealkylation sites (tertiary alicyclic amines) is 1. The third-order valence-electron chi connectivity index (χ3n) is 5.02. The maximum atomic E-state index is 4.69. The van der Waals surface area contributed by atoms with E-state index in [1.54, 1.807) is 0 Å². The number of piperidine rings is 1. The zero-order chi connectivity index (χ0) is 17.5. The van der Waals surface area contributed by atoms with E-state index < -0.39 is 0 Å². The van der Waals surface area contributed by atoms with Crippen LogP contribution in [0, 0.1) is 0 Å². The van der Waals surface area contributed by atoms with Crippen molar-refractivity contribution in [2.75, 3.05) is 24.5 Å². The number of hydrogen-bond donors (Lipinski definition) is 0. The van der Waals surface area contributed by atoms with Crippen LogP contribution in [0.25, 0.3) is 6.08 Å². The summed E-state index contributed by atoms with van der Waals surface area (Å²) in [5.74, 6) is 1.13. The van der Waals surface area contributed by atoms with E-state index in [1.165, 1.54) is 24.0 Å². The molecule has 1 aromatic carbocycles. The fourth-order valence-corrected chi connectivity index (χ4v) is 3.77. The van der Waals surface area contributed by atoms with Crippen LogP contribution >= 0.6 is 0 Å². The van der Waals surface area contributed by atoms with E-state index in [0.717, 1.165) is 32.0 Å². The molecule has 2 aromatic rings. The summed E-state index contributed by atoms with van der Waals surface area (Å²) in [4.78, 5) is 9.76. The van der Waals surface area contributed by atoms with Gasteiger partial charge in [0.1, 0.15) is 5.82 Å². The molecular weight excluding hydrogens is 306 g/mol. The van der Waals surface area contributed by atoms with E-state index >= 15 is 0 Å². The van der Waals surface area contributed by atoms with Crippen LogP contribution in [-0.2, 0) is 6.54 Å². The minimum absolute atomic E-state index is 0.580. The number of allylic oxidation sites excluding steroid dienone is 1. The highest BCUT2D eigenvalue weighted by atomic mass is 15.2. The first-order chi connectivity index (χ1) is 12.3. The molecule has 0 amide bonds. The molecule has 3 nitrogen and oxygen atoms in total. The van der Waals surface area contributed by atoms with Crippen LogP contribution in [0.15, 0.2) is 54.7 Å². The number of aromatic nitrogens is 1. The Morgan fingerprint density at radius 2 is 1.88 bits per heavy atom. The van der Waals surface area contributed by atoms with Crippen molar-refractivity contribution in [2.24, 2.45) is 0 Å². The van der Waals surface area contributed by atoms with Crippen molar-refractivity contribution >= 4 is 11.9 Å². The SMILES string of the molecule is CC=Cc1cccnc1N(CC)C1CCN(Cc2ccccc2)CC1. The van der Waals surface area contributed by atoms with Gasteiger partial charge in [-0.2, -0.15) is 0 Å². The predicted molar refractivity (Wildman–Crippen MR) is 107 cm³/mol. The molecule has 2 heterocycles. The Morgan fingerprint density at radius 1 is 1.12 bits per heavy atom. The molecule has 0 saturated carbocycles. The van der Waals surface area contributed by atoms with Gasteiger partial charge in [0.25, 0.3) is 0 Å². The molecule has 3 rings (SSSR count). The molecule has 1 aliphatic rings. The molecule has 3 heteroatoms. The third-order valence-corrected chi connectivity index (χ3v) is 5.02. The summed E-state index contributed by atoms with van der Waals surface area (Å²) in [6.07, 6.45) is 8.57. The van der Waals surface area contributed by atoms with Crippen LogP contribution in [0.5, 0.6) is 0 Å². The van der Waals surface area contributed by atoms with Gasteiger partial charge in [-0.1, -0.05) is 42.5 Å². The third kappa shape index (κ3) is 4.49.